The summed E-state index contributed by atoms with van der Waals surface area (Å²) in [6.45, 7) is 0.795. The number of likely N-dealkylation sites (tertiary alicyclic amines) is 1. The molecule has 152 valence electrons. The van der Waals surface area contributed by atoms with Gasteiger partial charge < -0.3 is 21.1 Å². The van der Waals surface area contributed by atoms with Gasteiger partial charge in [-0.1, -0.05) is 18.2 Å². The summed E-state index contributed by atoms with van der Waals surface area (Å²) >= 11 is 0. The minimum absolute atomic E-state index is 0.0912. The highest BCUT2D eigenvalue weighted by molar-refractivity contribution is 6.17. The molecule has 0 saturated carbocycles. The number of nitriles is 1. The van der Waals surface area contributed by atoms with Crippen molar-refractivity contribution in [2.75, 3.05) is 13.1 Å². The van der Waals surface area contributed by atoms with Gasteiger partial charge in [-0.05, 0) is 42.0 Å². The predicted molar refractivity (Wildman–Crippen MR) is 112 cm³/mol. The lowest BCUT2D eigenvalue weighted by atomic mass is 10.1. The predicted octanol–water partition coefficient (Wildman–Crippen LogP) is 1.83. The third kappa shape index (κ3) is 5.02. The standard InChI is InChI=1S/C22H21N5O3/c23-11-10-20(28)27-13-16(14-27)26-12-19(22(25)29)21(24)15-6-8-18(9-7-15)30-17-4-2-1-3-5-17/h1-9,12,16H,10,13-14,24H2,(H2,25,29). The number of benzene rings is 2. The molecule has 1 aliphatic rings. The number of hydrogen-bond acceptors (Lipinski definition) is 6. The molecule has 1 heterocycles. The van der Waals surface area contributed by atoms with Gasteiger partial charge in [-0.3, -0.25) is 14.6 Å². The zero-order chi connectivity index (χ0) is 21.5. The van der Waals surface area contributed by atoms with Crippen molar-refractivity contribution in [1.82, 2.24) is 4.90 Å². The first-order valence-corrected chi connectivity index (χ1v) is 9.28. The first-order chi connectivity index (χ1) is 14.5. The number of para-hydroxylation sites is 1. The molecule has 8 nitrogen and oxygen atoms in total. The van der Waals surface area contributed by atoms with E-state index >= 15 is 0 Å². The summed E-state index contributed by atoms with van der Waals surface area (Å²) in [5, 5.41) is 8.56. The van der Waals surface area contributed by atoms with Crippen LogP contribution < -0.4 is 16.2 Å². The Hall–Kier alpha value is -4.12. The Morgan fingerprint density at radius 2 is 1.73 bits per heavy atom. The van der Waals surface area contributed by atoms with E-state index in [0.29, 0.717) is 30.2 Å². The summed E-state index contributed by atoms with van der Waals surface area (Å²) in [5.41, 5.74) is 12.5. The second-order valence-electron chi connectivity index (χ2n) is 6.70. The molecule has 8 heteroatoms. The number of hydrogen-bond donors (Lipinski definition) is 2. The fourth-order valence-corrected chi connectivity index (χ4v) is 2.86. The van der Waals surface area contributed by atoms with E-state index in [1.807, 2.05) is 36.4 Å². The van der Waals surface area contributed by atoms with Crippen molar-refractivity contribution in [3.8, 4) is 17.6 Å². The molecular weight excluding hydrogens is 382 g/mol. The number of aliphatic imine (C=N–C) groups is 1. The van der Waals surface area contributed by atoms with E-state index in [-0.39, 0.29) is 29.6 Å². The molecule has 1 fully saturated rings. The Kier molecular flexibility index (Phi) is 6.45. The van der Waals surface area contributed by atoms with Crippen LogP contribution in [0, 0.1) is 11.3 Å². The first kappa shape index (κ1) is 20.6. The van der Waals surface area contributed by atoms with E-state index in [9.17, 15) is 9.59 Å². The van der Waals surface area contributed by atoms with Crippen molar-refractivity contribution in [2.45, 2.75) is 12.5 Å². The minimum Gasteiger partial charge on any atom is -0.457 e. The molecule has 1 saturated heterocycles. The molecule has 1 aliphatic heterocycles. The minimum atomic E-state index is -0.697. The van der Waals surface area contributed by atoms with Crippen molar-refractivity contribution >= 4 is 23.7 Å². The molecule has 2 aromatic rings. The van der Waals surface area contributed by atoms with Crippen molar-refractivity contribution in [1.29, 1.82) is 5.26 Å². The third-order valence-electron chi connectivity index (χ3n) is 4.56. The second-order valence-corrected chi connectivity index (χ2v) is 6.70. The SMILES string of the molecule is N#CCC(=O)N1CC(N=CC(C(N)=O)=C(N)c2ccc(Oc3ccccc3)cc2)C1. The first-order valence-electron chi connectivity index (χ1n) is 9.28. The zero-order valence-electron chi connectivity index (χ0n) is 16.2. The summed E-state index contributed by atoms with van der Waals surface area (Å²) in [5.74, 6) is 0.412. The summed E-state index contributed by atoms with van der Waals surface area (Å²) in [6.07, 6.45) is 1.20. The van der Waals surface area contributed by atoms with Gasteiger partial charge in [0.2, 0.25) is 5.91 Å². The Balaban J connectivity index is 1.68. The largest absolute Gasteiger partial charge is 0.457 e. The summed E-state index contributed by atoms with van der Waals surface area (Å²) in [4.78, 5) is 29.3. The van der Waals surface area contributed by atoms with E-state index in [1.165, 1.54) is 11.1 Å². The van der Waals surface area contributed by atoms with E-state index in [1.54, 1.807) is 24.3 Å². The van der Waals surface area contributed by atoms with Crippen LogP contribution in [0.1, 0.15) is 12.0 Å². The lowest BCUT2D eigenvalue weighted by molar-refractivity contribution is -0.134. The van der Waals surface area contributed by atoms with Crippen molar-refractivity contribution in [2.24, 2.45) is 16.5 Å². The van der Waals surface area contributed by atoms with Gasteiger partial charge in [0.05, 0.1) is 23.4 Å². The van der Waals surface area contributed by atoms with E-state index < -0.39 is 5.91 Å². The number of amides is 2. The molecule has 0 atom stereocenters. The molecular formula is C22H21N5O3. The molecule has 2 aromatic carbocycles. The van der Waals surface area contributed by atoms with Crippen LogP contribution in [-0.4, -0.2) is 42.1 Å². The van der Waals surface area contributed by atoms with Gasteiger partial charge in [0.1, 0.15) is 17.9 Å². The van der Waals surface area contributed by atoms with Gasteiger partial charge in [0.15, 0.2) is 0 Å². The molecule has 3 rings (SSSR count). The molecule has 0 aromatic heterocycles. The zero-order valence-corrected chi connectivity index (χ0v) is 16.2. The Labute approximate surface area is 174 Å². The summed E-state index contributed by atoms with van der Waals surface area (Å²) < 4.78 is 5.74. The van der Waals surface area contributed by atoms with E-state index in [4.69, 9.17) is 21.5 Å². The highest BCUT2D eigenvalue weighted by Crippen LogP contribution is 2.23. The third-order valence-corrected chi connectivity index (χ3v) is 4.56. The number of carbonyl (C=O) groups is 2. The molecule has 4 N–H and O–H groups in total. The van der Waals surface area contributed by atoms with E-state index in [2.05, 4.69) is 4.99 Å². The topological polar surface area (TPSA) is 135 Å². The van der Waals surface area contributed by atoms with Crippen LogP contribution >= 0.6 is 0 Å². The number of carbonyl (C=O) groups excluding carboxylic acids is 2. The average Bonchev–Trinajstić information content (AvgIpc) is 2.70. The molecule has 0 spiro atoms. The fourth-order valence-electron chi connectivity index (χ4n) is 2.86. The van der Waals surface area contributed by atoms with Gasteiger partial charge in [-0.2, -0.15) is 5.26 Å². The highest BCUT2D eigenvalue weighted by Gasteiger charge is 2.29. The molecule has 0 radical (unpaired) electrons. The molecule has 0 aliphatic carbocycles. The Morgan fingerprint density at radius 3 is 2.33 bits per heavy atom. The van der Waals surface area contributed by atoms with Crippen LogP contribution in [-0.2, 0) is 9.59 Å². The Morgan fingerprint density at radius 1 is 1.10 bits per heavy atom. The quantitative estimate of drug-likeness (QED) is 0.537. The van der Waals surface area contributed by atoms with Crippen LogP contribution in [0.15, 0.2) is 65.2 Å². The monoisotopic (exact) mass is 403 g/mol. The van der Waals surface area contributed by atoms with Crippen LogP contribution in [0.2, 0.25) is 0 Å². The fraction of sp³-hybridized carbons (Fsp3) is 0.182. The van der Waals surface area contributed by atoms with Crippen LogP contribution in [0.5, 0.6) is 11.5 Å². The van der Waals surface area contributed by atoms with E-state index in [0.717, 1.165) is 0 Å². The Bertz CT molecular complexity index is 1020. The van der Waals surface area contributed by atoms with Gasteiger partial charge >= 0.3 is 0 Å². The lowest BCUT2D eigenvalue weighted by Gasteiger charge is -2.36. The van der Waals surface area contributed by atoms with Crippen molar-refractivity contribution < 1.29 is 14.3 Å². The normalized spacial score (nSPS) is 14.6. The molecule has 2 amide bonds. The average molecular weight is 403 g/mol. The van der Waals surface area contributed by atoms with Crippen LogP contribution in [0.25, 0.3) is 5.70 Å². The number of rotatable bonds is 7. The highest BCUT2D eigenvalue weighted by atomic mass is 16.5. The van der Waals surface area contributed by atoms with Gasteiger partial charge in [0, 0.05) is 19.3 Å². The van der Waals surface area contributed by atoms with Crippen molar-refractivity contribution in [3.05, 3.63) is 65.7 Å². The number of primary amides is 1. The van der Waals surface area contributed by atoms with Crippen LogP contribution in [0.3, 0.4) is 0 Å². The number of ether oxygens (including phenoxy) is 1. The summed E-state index contributed by atoms with van der Waals surface area (Å²) in [6, 6.07) is 18.0. The maximum absolute atomic E-state index is 11.9. The van der Waals surface area contributed by atoms with Gasteiger partial charge in [-0.15, -0.1) is 0 Å². The summed E-state index contributed by atoms with van der Waals surface area (Å²) in [7, 11) is 0. The number of nitrogens with two attached hydrogens (primary N) is 2. The smallest absolute Gasteiger partial charge is 0.252 e. The van der Waals surface area contributed by atoms with Crippen molar-refractivity contribution in [3.63, 3.8) is 0 Å². The van der Waals surface area contributed by atoms with Gasteiger partial charge in [-0.25, -0.2) is 0 Å². The molecule has 30 heavy (non-hydrogen) atoms. The molecule has 0 unspecified atom stereocenters. The maximum atomic E-state index is 11.9. The van der Waals surface area contributed by atoms with Crippen LogP contribution in [0.4, 0.5) is 0 Å². The maximum Gasteiger partial charge on any atom is 0.252 e. The second kappa shape index (κ2) is 9.39. The molecule has 0 bridgehead atoms. The lowest BCUT2D eigenvalue weighted by Crippen LogP contribution is -2.52. The number of nitrogens with zero attached hydrogens (tertiary/aromatic N) is 3. The van der Waals surface area contributed by atoms with Gasteiger partial charge in [0.25, 0.3) is 5.91 Å².